The number of carbonyl (C=O) groups is 1. The molecule has 258 valence electrons. The Balaban J connectivity index is 1.62. The normalized spacial score (nSPS) is 20.6. The monoisotopic (exact) mass is 671 g/mol. The van der Waals surface area contributed by atoms with Gasteiger partial charge in [0.1, 0.15) is 11.5 Å². The number of nitrogens with one attached hydrogen (secondary N) is 1. The molecule has 0 fully saturated rings. The first-order valence-electron chi connectivity index (χ1n) is 16.1. The third kappa shape index (κ3) is 9.92. The van der Waals surface area contributed by atoms with Gasteiger partial charge in [0, 0.05) is 51.1 Å². The van der Waals surface area contributed by atoms with Crippen molar-refractivity contribution in [1.82, 2.24) is 19.4 Å². The van der Waals surface area contributed by atoms with Crippen LogP contribution >= 0.6 is 0 Å². The number of aromatic nitrogens is 2. The van der Waals surface area contributed by atoms with Crippen molar-refractivity contribution in [3.8, 4) is 11.5 Å². The van der Waals surface area contributed by atoms with E-state index in [1.165, 1.54) is 18.6 Å². The summed E-state index contributed by atoms with van der Waals surface area (Å²) in [4.78, 5) is 22.1. The third-order valence-corrected chi connectivity index (χ3v) is 9.63. The molecule has 4 atom stereocenters. The number of hydrogen-bond donors (Lipinski definition) is 2. The van der Waals surface area contributed by atoms with E-state index in [0.717, 1.165) is 30.6 Å². The van der Waals surface area contributed by atoms with Gasteiger partial charge in [-0.05, 0) is 76.1 Å². The molecular formula is C34H49N5O7S. The van der Waals surface area contributed by atoms with E-state index in [2.05, 4.69) is 21.5 Å². The summed E-state index contributed by atoms with van der Waals surface area (Å²) >= 11 is 0. The molecule has 0 aliphatic carbocycles. The zero-order valence-electron chi connectivity index (χ0n) is 28.3. The third-order valence-electron chi connectivity index (χ3n) is 8.36. The van der Waals surface area contributed by atoms with Gasteiger partial charge in [-0.15, -0.1) is 0 Å². The van der Waals surface area contributed by atoms with Crippen LogP contribution < -0.4 is 14.2 Å². The van der Waals surface area contributed by atoms with Gasteiger partial charge in [-0.2, -0.15) is 8.42 Å². The topological polar surface area (TPSA) is 135 Å². The first kappa shape index (κ1) is 36.2. The summed E-state index contributed by atoms with van der Waals surface area (Å²) in [5.41, 5.74) is 1.55. The highest BCUT2D eigenvalue weighted by molar-refractivity contribution is 7.92. The molecule has 1 aliphatic heterocycles. The van der Waals surface area contributed by atoms with Gasteiger partial charge < -0.3 is 28.8 Å². The van der Waals surface area contributed by atoms with Gasteiger partial charge in [-0.3, -0.25) is 14.4 Å². The zero-order chi connectivity index (χ0) is 34.1. The van der Waals surface area contributed by atoms with Crippen molar-refractivity contribution in [1.29, 1.82) is 0 Å². The summed E-state index contributed by atoms with van der Waals surface area (Å²) in [7, 11) is 1.38. The van der Waals surface area contributed by atoms with Gasteiger partial charge >= 0.3 is 0 Å². The predicted octanol–water partition coefficient (Wildman–Crippen LogP) is 4.16. The van der Waals surface area contributed by atoms with Crippen LogP contribution in [0.15, 0.2) is 60.0 Å². The summed E-state index contributed by atoms with van der Waals surface area (Å²) in [6.07, 6.45) is 4.90. The van der Waals surface area contributed by atoms with Crippen molar-refractivity contribution < 1.29 is 32.5 Å². The average molecular weight is 672 g/mol. The molecular weight excluding hydrogens is 622 g/mol. The minimum atomic E-state index is -4.00. The Morgan fingerprint density at radius 3 is 2.57 bits per heavy atom. The van der Waals surface area contributed by atoms with Crippen LogP contribution in [0.4, 0.5) is 5.69 Å². The van der Waals surface area contributed by atoms with Gasteiger partial charge in [-0.1, -0.05) is 19.1 Å². The number of benzene rings is 2. The van der Waals surface area contributed by atoms with E-state index >= 15 is 0 Å². The van der Waals surface area contributed by atoms with Crippen molar-refractivity contribution in [2.45, 2.75) is 69.9 Å². The number of fused-ring (bicyclic) bond motifs is 1. The molecule has 0 bridgehead atoms. The number of aryl methyl sites for hydroxylation is 1. The van der Waals surface area contributed by atoms with Crippen LogP contribution in [0.1, 0.15) is 56.0 Å². The molecule has 4 rings (SSSR count). The lowest BCUT2D eigenvalue weighted by Gasteiger charge is -2.36. The molecule has 0 saturated heterocycles. The predicted molar refractivity (Wildman–Crippen MR) is 180 cm³/mol. The van der Waals surface area contributed by atoms with E-state index in [1.807, 2.05) is 38.2 Å². The Hall–Kier alpha value is -3.65. The SMILES string of the molecule is COc1ccc(CN(C)C[C@H]2OCCCC[C@H](C)Oc3ccc(NS(=O)(=O)c4cn(C)cn4)cc3C(=O)N([C@@H](C)CO)C[C@@H]2C)cc1. The highest BCUT2D eigenvalue weighted by atomic mass is 32.2. The Morgan fingerprint density at radius 2 is 1.91 bits per heavy atom. The number of ether oxygens (including phenoxy) is 3. The largest absolute Gasteiger partial charge is 0.497 e. The lowest BCUT2D eigenvalue weighted by Crippen LogP contribution is -2.47. The minimum Gasteiger partial charge on any atom is -0.497 e. The van der Waals surface area contributed by atoms with Gasteiger partial charge in [-0.25, -0.2) is 4.98 Å². The minimum absolute atomic E-state index is 0.0941. The average Bonchev–Trinajstić information content (AvgIpc) is 3.50. The number of imidazole rings is 1. The summed E-state index contributed by atoms with van der Waals surface area (Å²) in [5.74, 6) is 0.696. The van der Waals surface area contributed by atoms with E-state index in [1.54, 1.807) is 42.7 Å². The number of hydrogen-bond acceptors (Lipinski definition) is 9. The van der Waals surface area contributed by atoms with Crippen LogP contribution in [-0.2, 0) is 28.4 Å². The molecule has 1 aromatic heterocycles. The summed E-state index contributed by atoms with van der Waals surface area (Å²) in [6.45, 7) is 7.78. The second-order valence-electron chi connectivity index (χ2n) is 12.5. The summed E-state index contributed by atoms with van der Waals surface area (Å²) in [5, 5.41) is 10.1. The Labute approximate surface area is 278 Å². The standard InChI is InChI=1S/C34H49N5O7S/c1-24-18-39(25(2)22-40)34(41)30-17-28(36-47(42,43)33-21-38(5)23-35-33)12-15-31(30)46-26(3)9-7-8-16-45-32(24)20-37(4)19-27-10-13-29(44-6)14-11-27/h10-15,17,21,23-26,32,36,40H,7-9,16,18-20,22H2,1-6H3/t24-,25-,26-,32+/m0/s1. The molecule has 0 unspecified atom stereocenters. The van der Waals surface area contributed by atoms with E-state index in [9.17, 15) is 18.3 Å². The van der Waals surface area contributed by atoms with Crippen molar-refractivity contribution >= 4 is 21.6 Å². The molecule has 2 heterocycles. The number of rotatable bonds is 10. The fraction of sp³-hybridized carbons (Fsp3) is 0.529. The van der Waals surface area contributed by atoms with Crippen LogP contribution in [-0.4, -0.2) is 97.5 Å². The highest BCUT2D eigenvalue weighted by Crippen LogP contribution is 2.29. The molecule has 1 amide bonds. The van der Waals surface area contributed by atoms with Crippen LogP contribution in [0.5, 0.6) is 11.5 Å². The van der Waals surface area contributed by atoms with Crippen LogP contribution in [0.25, 0.3) is 0 Å². The lowest BCUT2D eigenvalue weighted by molar-refractivity contribution is -0.0177. The molecule has 47 heavy (non-hydrogen) atoms. The molecule has 3 aromatic rings. The molecule has 13 heteroatoms. The van der Waals surface area contributed by atoms with Gasteiger partial charge in [0.15, 0.2) is 5.03 Å². The fourth-order valence-electron chi connectivity index (χ4n) is 5.60. The first-order valence-corrected chi connectivity index (χ1v) is 17.5. The Morgan fingerprint density at radius 1 is 1.17 bits per heavy atom. The number of anilines is 1. The van der Waals surface area contributed by atoms with Crippen molar-refractivity contribution in [2.24, 2.45) is 13.0 Å². The van der Waals surface area contributed by atoms with Gasteiger partial charge in [0.2, 0.25) is 0 Å². The molecule has 2 aromatic carbocycles. The number of likely N-dealkylation sites (N-methyl/N-ethyl adjacent to an activating group) is 1. The highest BCUT2D eigenvalue weighted by Gasteiger charge is 2.31. The summed E-state index contributed by atoms with van der Waals surface area (Å²) < 4.78 is 48.2. The maximum atomic E-state index is 14.4. The first-order chi connectivity index (χ1) is 22.4. The number of aliphatic hydroxyl groups is 1. The van der Waals surface area contributed by atoms with Gasteiger partial charge in [0.25, 0.3) is 15.9 Å². The lowest BCUT2D eigenvalue weighted by atomic mass is 10.0. The number of sulfonamides is 1. The number of nitrogens with zero attached hydrogens (tertiary/aromatic N) is 4. The smallest absolute Gasteiger partial charge is 0.280 e. The molecule has 0 saturated carbocycles. The maximum absolute atomic E-state index is 14.4. The van der Waals surface area contributed by atoms with Crippen molar-refractivity contribution in [3.63, 3.8) is 0 Å². The second-order valence-corrected chi connectivity index (χ2v) is 14.2. The second kappa shape index (κ2) is 16.4. The Kier molecular flexibility index (Phi) is 12.7. The van der Waals surface area contributed by atoms with E-state index in [4.69, 9.17) is 14.2 Å². The number of amides is 1. The maximum Gasteiger partial charge on any atom is 0.280 e. The zero-order valence-corrected chi connectivity index (χ0v) is 29.1. The van der Waals surface area contributed by atoms with E-state index in [-0.39, 0.29) is 46.9 Å². The summed E-state index contributed by atoms with van der Waals surface area (Å²) in [6, 6.07) is 12.2. The molecule has 12 nitrogen and oxygen atoms in total. The number of methoxy groups -OCH3 is 1. The van der Waals surface area contributed by atoms with Crippen LogP contribution in [0, 0.1) is 5.92 Å². The van der Waals surface area contributed by atoms with Crippen LogP contribution in [0.3, 0.4) is 0 Å². The van der Waals surface area contributed by atoms with Crippen molar-refractivity contribution in [3.05, 3.63) is 66.1 Å². The van der Waals surface area contributed by atoms with Crippen molar-refractivity contribution in [2.75, 3.05) is 45.2 Å². The Bertz CT molecular complexity index is 1560. The molecule has 2 N–H and O–H groups in total. The van der Waals surface area contributed by atoms with Crippen LogP contribution in [0.2, 0.25) is 0 Å². The molecule has 1 aliphatic rings. The fourth-order valence-corrected chi connectivity index (χ4v) is 6.63. The van der Waals surface area contributed by atoms with E-state index in [0.29, 0.717) is 32.0 Å². The quantitative estimate of drug-likeness (QED) is 0.326. The molecule has 0 radical (unpaired) electrons. The van der Waals surface area contributed by atoms with Gasteiger partial charge in [0.05, 0.1) is 43.9 Å². The number of carbonyl (C=O) groups excluding carboxylic acids is 1. The van der Waals surface area contributed by atoms with E-state index < -0.39 is 16.1 Å². The molecule has 0 spiro atoms. The number of aliphatic hydroxyl groups excluding tert-OH is 1.